The minimum Gasteiger partial charge on any atom is -0.392 e. The second-order valence-corrected chi connectivity index (χ2v) is 8.81. The van der Waals surface area contributed by atoms with E-state index in [2.05, 4.69) is 25.3 Å². The van der Waals surface area contributed by atoms with Crippen molar-refractivity contribution in [2.45, 2.75) is 39.0 Å². The zero-order valence-corrected chi connectivity index (χ0v) is 19.4. The monoisotopic (exact) mass is 485 g/mol. The predicted octanol–water partition coefficient (Wildman–Crippen LogP) is 4.91. The van der Waals surface area contributed by atoms with Crippen molar-refractivity contribution < 1.29 is 19.0 Å². The molecule has 0 bridgehead atoms. The summed E-state index contributed by atoms with van der Waals surface area (Å²) < 4.78 is 29.4. The molecule has 34 heavy (non-hydrogen) atoms. The highest BCUT2D eigenvalue weighted by Crippen LogP contribution is 2.34. The van der Waals surface area contributed by atoms with Crippen molar-refractivity contribution in [2.75, 3.05) is 5.32 Å². The fourth-order valence-corrected chi connectivity index (χ4v) is 3.68. The normalized spacial score (nSPS) is 12.7. The van der Waals surface area contributed by atoms with Gasteiger partial charge in [0.15, 0.2) is 11.6 Å². The standard InChI is InChI=1S/C24H22ClF2N5O2/c1-12(15-6-13(11-33)4-5-17(15)26)31-21-16(25)10-28-19-7-18(27)20(32-22(19)21)14-8-29-23(30-9-14)24(2,3)34/h4-10,12,33-34H,11H2,1-3H3,(H,28,31). The van der Waals surface area contributed by atoms with Crippen LogP contribution in [0.1, 0.15) is 43.8 Å². The van der Waals surface area contributed by atoms with Crippen LogP contribution in [0.3, 0.4) is 0 Å². The second-order valence-electron chi connectivity index (χ2n) is 8.40. The van der Waals surface area contributed by atoms with Gasteiger partial charge in [-0.25, -0.2) is 23.7 Å². The summed E-state index contributed by atoms with van der Waals surface area (Å²) in [6, 6.07) is 5.01. The van der Waals surface area contributed by atoms with E-state index in [-0.39, 0.29) is 34.2 Å². The number of aliphatic hydroxyl groups excluding tert-OH is 1. The van der Waals surface area contributed by atoms with E-state index in [0.717, 1.165) is 0 Å². The molecule has 0 aliphatic carbocycles. The maximum absolute atomic E-state index is 14.9. The van der Waals surface area contributed by atoms with Gasteiger partial charge in [0, 0.05) is 35.8 Å². The van der Waals surface area contributed by atoms with E-state index >= 15 is 0 Å². The Labute approximate surface area is 199 Å². The van der Waals surface area contributed by atoms with Crippen molar-refractivity contribution in [2.24, 2.45) is 0 Å². The van der Waals surface area contributed by atoms with E-state index in [1.54, 1.807) is 26.8 Å². The van der Waals surface area contributed by atoms with E-state index in [0.29, 0.717) is 22.4 Å². The first kappa shape index (κ1) is 23.9. The van der Waals surface area contributed by atoms with Crippen molar-refractivity contribution in [3.8, 4) is 11.3 Å². The van der Waals surface area contributed by atoms with Crippen LogP contribution in [0.25, 0.3) is 22.3 Å². The van der Waals surface area contributed by atoms with Gasteiger partial charge in [-0.1, -0.05) is 17.7 Å². The summed E-state index contributed by atoms with van der Waals surface area (Å²) in [5.74, 6) is -0.900. The number of hydrogen-bond acceptors (Lipinski definition) is 7. The predicted molar refractivity (Wildman–Crippen MR) is 125 cm³/mol. The molecule has 0 amide bonds. The summed E-state index contributed by atoms with van der Waals surface area (Å²) >= 11 is 6.40. The van der Waals surface area contributed by atoms with E-state index in [4.69, 9.17) is 11.6 Å². The Kier molecular flexibility index (Phi) is 6.44. The Bertz CT molecular complexity index is 1360. The molecule has 4 aromatic rings. The number of aliphatic hydroxyl groups is 2. The quantitative estimate of drug-likeness (QED) is 0.356. The minimum atomic E-state index is -1.25. The third-order valence-corrected chi connectivity index (χ3v) is 5.58. The third kappa shape index (κ3) is 4.68. The minimum absolute atomic E-state index is 0.0250. The van der Waals surface area contributed by atoms with Crippen molar-refractivity contribution in [1.82, 2.24) is 19.9 Å². The molecule has 0 spiro atoms. The third-order valence-electron chi connectivity index (χ3n) is 5.29. The number of hydrogen-bond donors (Lipinski definition) is 3. The smallest absolute Gasteiger partial charge is 0.159 e. The van der Waals surface area contributed by atoms with Crippen molar-refractivity contribution in [3.05, 3.63) is 76.5 Å². The number of nitrogens with one attached hydrogen (secondary N) is 1. The van der Waals surface area contributed by atoms with Gasteiger partial charge in [0.1, 0.15) is 22.6 Å². The SMILES string of the molecule is CC(Nc1c(Cl)cnc2cc(F)c(-c3cnc(C(C)(C)O)nc3)nc12)c1cc(CO)ccc1F. The number of rotatable bonds is 6. The zero-order valence-electron chi connectivity index (χ0n) is 18.6. The van der Waals surface area contributed by atoms with Gasteiger partial charge in [-0.2, -0.15) is 0 Å². The molecule has 1 atom stereocenters. The number of anilines is 1. The van der Waals surface area contributed by atoms with Gasteiger partial charge in [-0.05, 0) is 38.5 Å². The topological polar surface area (TPSA) is 104 Å². The molecule has 7 nitrogen and oxygen atoms in total. The molecule has 3 aromatic heterocycles. The molecule has 1 aromatic carbocycles. The number of halogens is 3. The van der Waals surface area contributed by atoms with Gasteiger partial charge in [-0.15, -0.1) is 0 Å². The number of benzene rings is 1. The van der Waals surface area contributed by atoms with Crippen LogP contribution >= 0.6 is 11.6 Å². The van der Waals surface area contributed by atoms with Crippen LogP contribution in [0, 0.1) is 11.6 Å². The highest BCUT2D eigenvalue weighted by Gasteiger charge is 2.21. The summed E-state index contributed by atoms with van der Waals surface area (Å²) in [7, 11) is 0. The van der Waals surface area contributed by atoms with Crippen LogP contribution in [-0.4, -0.2) is 30.1 Å². The number of nitrogens with zero attached hydrogens (tertiary/aromatic N) is 4. The van der Waals surface area contributed by atoms with Gasteiger partial charge in [0.05, 0.1) is 28.9 Å². The van der Waals surface area contributed by atoms with E-state index in [1.165, 1.54) is 36.8 Å². The molecule has 0 saturated heterocycles. The van der Waals surface area contributed by atoms with Crippen LogP contribution in [0.2, 0.25) is 5.02 Å². The fraction of sp³-hybridized carbons (Fsp3) is 0.250. The average Bonchev–Trinajstić information content (AvgIpc) is 2.80. The Morgan fingerprint density at radius 3 is 2.41 bits per heavy atom. The number of aromatic nitrogens is 4. The molecule has 0 fully saturated rings. The molecular formula is C24H22ClF2N5O2. The molecule has 176 valence electrons. The first-order valence-electron chi connectivity index (χ1n) is 10.4. The van der Waals surface area contributed by atoms with Gasteiger partial charge in [0.2, 0.25) is 0 Å². The van der Waals surface area contributed by atoms with E-state index in [1.807, 2.05) is 0 Å². The lowest BCUT2D eigenvalue weighted by Crippen LogP contribution is -2.19. The highest BCUT2D eigenvalue weighted by molar-refractivity contribution is 6.34. The van der Waals surface area contributed by atoms with Gasteiger partial charge >= 0.3 is 0 Å². The Hall–Kier alpha value is -3.27. The average molecular weight is 486 g/mol. The molecule has 0 aliphatic heterocycles. The molecule has 4 rings (SSSR count). The molecule has 0 saturated carbocycles. The number of fused-ring (bicyclic) bond motifs is 1. The first-order valence-corrected chi connectivity index (χ1v) is 10.8. The maximum atomic E-state index is 14.9. The van der Waals surface area contributed by atoms with Crippen LogP contribution in [0.5, 0.6) is 0 Å². The number of pyridine rings is 2. The van der Waals surface area contributed by atoms with Crippen molar-refractivity contribution >= 4 is 28.3 Å². The fourth-order valence-electron chi connectivity index (χ4n) is 3.49. The highest BCUT2D eigenvalue weighted by atomic mass is 35.5. The largest absolute Gasteiger partial charge is 0.392 e. The molecule has 3 heterocycles. The molecule has 1 unspecified atom stereocenters. The second kappa shape index (κ2) is 9.17. The van der Waals surface area contributed by atoms with E-state index in [9.17, 15) is 19.0 Å². The maximum Gasteiger partial charge on any atom is 0.159 e. The molecule has 0 radical (unpaired) electrons. The Balaban J connectivity index is 1.78. The zero-order chi connectivity index (χ0) is 24.6. The van der Waals surface area contributed by atoms with Crippen LogP contribution in [-0.2, 0) is 12.2 Å². The van der Waals surface area contributed by atoms with Crippen molar-refractivity contribution in [1.29, 1.82) is 0 Å². The lowest BCUT2D eigenvalue weighted by molar-refractivity contribution is 0.0687. The van der Waals surface area contributed by atoms with Gasteiger partial charge in [-0.3, -0.25) is 4.98 Å². The Morgan fingerprint density at radius 2 is 1.76 bits per heavy atom. The molecular weight excluding hydrogens is 464 g/mol. The van der Waals surface area contributed by atoms with Crippen LogP contribution < -0.4 is 5.32 Å². The summed E-state index contributed by atoms with van der Waals surface area (Å²) in [6.45, 7) is 4.60. The van der Waals surface area contributed by atoms with Crippen molar-refractivity contribution in [3.63, 3.8) is 0 Å². The summed E-state index contributed by atoms with van der Waals surface area (Å²) in [5, 5.41) is 22.8. The van der Waals surface area contributed by atoms with Crippen LogP contribution in [0.4, 0.5) is 14.5 Å². The first-order chi connectivity index (χ1) is 16.1. The van der Waals surface area contributed by atoms with E-state index < -0.39 is 23.3 Å². The summed E-state index contributed by atoms with van der Waals surface area (Å²) in [6.07, 6.45) is 4.11. The lowest BCUT2D eigenvalue weighted by Gasteiger charge is -2.19. The van der Waals surface area contributed by atoms with Gasteiger partial charge in [0.25, 0.3) is 0 Å². The summed E-state index contributed by atoms with van der Waals surface area (Å²) in [4.78, 5) is 16.8. The summed E-state index contributed by atoms with van der Waals surface area (Å²) in [5.41, 5.74) is 0.791. The van der Waals surface area contributed by atoms with Crippen LogP contribution in [0.15, 0.2) is 42.9 Å². The molecule has 0 aliphatic rings. The lowest BCUT2D eigenvalue weighted by atomic mass is 10.0. The Morgan fingerprint density at radius 1 is 1.06 bits per heavy atom. The molecule has 3 N–H and O–H groups in total. The molecule has 10 heteroatoms. The van der Waals surface area contributed by atoms with Gasteiger partial charge < -0.3 is 15.5 Å².